The summed E-state index contributed by atoms with van der Waals surface area (Å²) in [6, 6.07) is 16.9. The highest BCUT2D eigenvalue weighted by Crippen LogP contribution is 2.43. The van der Waals surface area contributed by atoms with Crippen LogP contribution in [-0.2, 0) is 25.7 Å². The first-order valence-electron chi connectivity index (χ1n) is 18.1. The van der Waals surface area contributed by atoms with Crippen LogP contribution < -0.4 is 8.92 Å². The molecule has 316 valence electrons. The lowest BCUT2D eigenvalue weighted by molar-refractivity contribution is -0.433. The number of allylic oxidation sites excluding steroid dienone is 4. The number of hydrogen-bond acceptors (Lipinski definition) is 15. The molecule has 20 nitrogen and oxygen atoms in total. The molecule has 0 bridgehead atoms. The summed E-state index contributed by atoms with van der Waals surface area (Å²) in [6.07, 6.45) is 8.88. The minimum absolute atomic E-state index is 0.119. The van der Waals surface area contributed by atoms with Gasteiger partial charge in [0.15, 0.2) is 10.6 Å². The third kappa shape index (κ3) is 8.76. The summed E-state index contributed by atoms with van der Waals surface area (Å²) in [5.41, 5.74) is 2.95. The number of rotatable bonds is 11. The van der Waals surface area contributed by atoms with Gasteiger partial charge in [-0.15, -0.1) is 0 Å². The number of non-ortho nitro benzene ring substituents is 2. The van der Waals surface area contributed by atoms with Crippen molar-refractivity contribution in [1.29, 1.82) is 0 Å². The van der Waals surface area contributed by atoms with E-state index >= 15 is 0 Å². The molecule has 3 aliphatic rings. The van der Waals surface area contributed by atoms with Gasteiger partial charge in [-0.25, -0.2) is 8.42 Å². The van der Waals surface area contributed by atoms with Crippen LogP contribution >= 0.6 is 0 Å². The molecule has 0 aromatic heterocycles. The Morgan fingerprint density at radius 3 is 1.97 bits per heavy atom. The highest BCUT2D eigenvalue weighted by atomic mass is 32.2. The van der Waals surface area contributed by atoms with Crippen molar-refractivity contribution in [3.05, 3.63) is 160 Å². The lowest BCUT2D eigenvalue weighted by atomic mass is 9.81. The van der Waals surface area contributed by atoms with Crippen molar-refractivity contribution >= 4 is 60.5 Å². The van der Waals surface area contributed by atoms with E-state index in [4.69, 9.17) is 8.92 Å². The van der Waals surface area contributed by atoms with Crippen molar-refractivity contribution in [1.82, 2.24) is 0 Å². The van der Waals surface area contributed by atoms with E-state index < -0.39 is 72.5 Å². The molecular weight excluding hydrogens is 843 g/mol. The fourth-order valence-corrected chi connectivity index (χ4v) is 8.88. The molecular formula is C39H33N5O15S2. The van der Waals surface area contributed by atoms with Gasteiger partial charge in [0.25, 0.3) is 22.7 Å². The Balaban J connectivity index is 0.000000328. The highest BCUT2D eigenvalue weighted by molar-refractivity contribution is 7.87. The molecule has 0 atom stereocenters. The number of para-hydroxylation sites is 1. The van der Waals surface area contributed by atoms with Gasteiger partial charge in [-0.05, 0) is 87.6 Å². The van der Waals surface area contributed by atoms with Crippen molar-refractivity contribution in [2.75, 3.05) is 6.54 Å². The number of fused-ring (bicyclic) bond motifs is 3. The van der Waals surface area contributed by atoms with E-state index in [-0.39, 0.29) is 11.2 Å². The van der Waals surface area contributed by atoms with Crippen molar-refractivity contribution < 1.29 is 54.6 Å². The lowest BCUT2D eigenvalue weighted by Crippen LogP contribution is -2.27. The molecule has 0 radical (unpaired) electrons. The lowest BCUT2D eigenvalue weighted by Gasteiger charge is -2.26. The molecule has 0 saturated heterocycles. The zero-order chi connectivity index (χ0) is 44.6. The maximum absolute atomic E-state index is 13.1. The van der Waals surface area contributed by atoms with Gasteiger partial charge in [0.1, 0.15) is 38.8 Å². The smallest absolute Gasteiger partial charge is 0.346 e. The Labute approximate surface area is 346 Å². The first kappa shape index (κ1) is 43.4. The van der Waals surface area contributed by atoms with E-state index in [1.807, 2.05) is 6.08 Å². The largest absolute Gasteiger partial charge is 0.744 e. The number of nitro groups is 4. The van der Waals surface area contributed by atoms with E-state index in [1.54, 1.807) is 6.07 Å². The summed E-state index contributed by atoms with van der Waals surface area (Å²) in [5, 5.41) is 43.3. The normalized spacial score (nSPS) is 15.4. The average Bonchev–Trinajstić information content (AvgIpc) is 3.43. The van der Waals surface area contributed by atoms with Gasteiger partial charge >= 0.3 is 10.1 Å². The van der Waals surface area contributed by atoms with Gasteiger partial charge in [-0.3, -0.25) is 40.5 Å². The molecule has 2 heterocycles. The first-order chi connectivity index (χ1) is 28.6. The summed E-state index contributed by atoms with van der Waals surface area (Å²) in [5.74, 6) is 0.975. The molecule has 4 aromatic rings. The van der Waals surface area contributed by atoms with E-state index in [0.29, 0.717) is 35.8 Å². The van der Waals surface area contributed by atoms with Crippen molar-refractivity contribution in [3.63, 3.8) is 0 Å². The molecule has 4 aromatic carbocycles. The second-order valence-electron chi connectivity index (χ2n) is 14.1. The molecule has 0 N–H and O–H groups in total. The second kappa shape index (κ2) is 16.5. The molecule has 0 unspecified atom stereocenters. The van der Waals surface area contributed by atoms with Crippen LogP contribution in [-0.4, -0.2) is 57.9 Å². The quantitative estimate of drug-likeness (QED) is 0.0462. The zero-order valence-electron chi connectivity index (χ0n) is 32.2. The summed E-state index contributed by atoms with van der Waals surface area (Å²) in [7, 11) is -9.75. The van der Waals surface area contributed by atoms with Gasteiger partial charge in [0.2, 0.25) is 5.69 Å². The maximum atomic E-state index is 13.1. The van der Waals surface area contributed by atoms with Gasteiger partial charge in [-0.2, -0.15) is 13.0 Å². The van der Waals surface area contributed by atoms with Gasteiger partial charge in [0, 0.05) is 41.5 Å². The third-order valence-electron chi connectivity index (χ3n) is 10.0. The van der Waals surface area contributed by atoms with Gasteiger partial charge < -0.3 is 13.5 Å². The fraction of sp³-hybridized carbons (Fsp3) is 0.205. The van der Waals surface area contributed by atoms with Crippen LogP contribution in [0, 0.1) is 40.5 Å². The van der Waals surface area contributed by atoms with Gasteiger partial charge in [0.05, 0.1) is 37.2 Å². The van der Waals surface area contributed by atoms with Gasteiger partial charge in [-0.1, -0.05) is 18.2 Å². The number of nitro benzene ring substituents is 4. The minimum atomic E-state index is -5.04. The van der Waals surface area contributed by atoms with Crippen molar-refractivity contribution in [3.8, 4) is 11.5 Å². The topological polar surface area (TPSA) is 285 Å². The fourth-order valence-electron chi connectivity index (χ4n) is 7.18. The Bertz CT molecular complexity index is 2920. The Morgan fingerprint density at radius 2 is 1.38 bits per heavy atom. The van der Waals surface area contributed by atoms with Crippen LogP contribution in [0.5, 0.6) is 11.5 Å². The molecule has 0 spiro atoms. The van der Waals surface area contributed by atoms with Crippen LogP contribution in [0.1, 0.15) is 51.2 Å². The Hall–Kier alpha value is -7.17. The van der Waals surface area contributed by atoms with Crippen molar-refractivity contribution in [2.24, 2.45) is 0 Å². The standard InChI is InChI=1S/C33H30N3O8S.C6H4N2O7S/c1-4-34-27-11-6-5-10-26(27)33(2,3)31(34)17-13-21-8-7-9-23-18-22-12-15-25(20-29(22)43-32(21)23)44-45(41,42)30-16-14-24(35(37)38)19-28(30)36(39)40;9-7(10)4-1-2-6(16(13,14)15)5(3-4)8(11)12/h5-6,10-20H,4,7-9H2,1-3H3;1-3H,(H,13,14,15)/q+1;/p-1/b17-13+;. The van der Waals surface area contributed by atoms with E-state index in [9.17, 15) is 61.8 Å². The summed E-state index contributed by atoms with van der Waals surface area (Å²) >= 11 is 0. The zero-order valence-corrected chi connectivity index (χ0v) is 33.9. The van der Waals surface area contributed by atoms with Crippen LogP contribution in [0.15, 0.2) is 118 Å². The number of benzene rings is 4. The average molecular weight is 876 g/mol. The maximum Gasteiger partial charge on any atom is 0.346 e. The summed E-state index contributed by atoms with van der Waals surface area (Å²) in [6.45, 7) is 7.41. The van der Waals surface area contributed by atoms with Crippen LogP contribution in [0.25, 0.3) is 6.08 Å². The minimum Gasteiger partial charge on any atom is -0.744 e. The predicted octanol–water partition coefficient (Wildman–Crippen LogP) is 7.54. The molecule has 0 fully saturated rings. The molecule has 1 aliphatic carbocycles. The van der Waals surface area contributed by atoms with Crippen LogP contribution in [0.3, 0.4) is 0 Å². The highest BCUT2D eigenvalue weighted by Gasteiger charge is 2.43. The van der Waals surface area contributed by atoms with E-state index in [0.717, 1.165) is 54.6 Å². The van der Waals surface area contributed by atoms with Crippen LogP contribution in [0.4, 0.5) is 28.4 Å². The Morgan fingerprint density at radius 1 is 0.770 bits per heavy atom. The molecule has 0 saturated carbocycles. The predicted molar refractivity (Wildman–Crippen MR) is 215 cm³/mol. The number of ether oxygens (including phenoxy) is 1. The number of hydrogen-bond donors (Lipinski definition) is 0. The molecule has 7 rings (SSSR count). The monoisotopic (exact) mass is 875 g/mol. The SMILES string of the molecule is CC[N+]1=C(/C=C/C2=C3Oc4cc(OS(=O)(=O)c5ccc([N+](=O)[O-])cc5[N+](=O)[O-])ccc4C=C3CCC2)C(C)(C)c2ccccc21.O=[N+]([O-])c1ccc(S(=O)(=O)[O-])c([N+](=O)[O-])c1. The van der Waals surface area contributed by atoms with Crippen molar-refractivity contribution in [2.45, 2.75) is 55.2 Å². The molecule has 2 aliphatic heterocycles. The summed E-state index contributed by atoms with van der Waals surface area (Å²) < 4.78 is 71.9. The van der Waals surface area contributed by atoms with Crippen LogP contribution in [0.2, 0.25) is 0 Å². The Kier molecular flexibility index (Phi) is 11.7. The number of nitrogens with zero attached hydrogens (tertiary/aromatic N) is 5. The van der Waals surface area contributed by atoms with E-state index in [2.05, 4.69) is 61.8 Å². The first-order valence-corrected chi connectivity index (χ1v) is 20.9. The molecule has 61 heavy (non-hydrogen) atoms. The molecule has 22 heteroatoms. The third-order valence-corrected chi connectivity index (χ3v) is 12.2. The molecule has 0 amide bonds. The van der Waals surface area contributed by atoms with E-state index in [1.165, 1.54) is 29.1 Å². The summed E-state index contributed by atoms with van der Waals surface area (Å²) in [4.78, 5) is 37.5. The second-order valence-corrected chi connectivity index (χ2v) is 17.0.